The number of carbonyl (C=O) groups excluding carboxylic acids is 1. The van der Waals surface area contributed by atoms with E-state index in [1.165, 1.54) is 6.92 Å². The van der Waals surface area contributed by atoms with Crippen LogP contribution in [-0.4, -0.2) is 25.8 Å². The van der Waals surface area contributed by atoms with Gasteiger partial charge < -0.3 is 9.47 Å². The minimum absolute atomic E-state index is 0.211. The monoisotopic (exact) mass is 190 g/mol. The van der Waals surface area contributed by atoms with Crippen molar-refractivity contribution in [2.24, 2.45) is 5.92 Å². The first-order valence-corrected chi connectivity index (χ1v) is 4.75. The molecule has 0 amide bonds. The normalized spacial score (nSPS) is 9.08. The molecule has 0 spiro atoms. The van der Waals surface area contributed by atoms with Crippen LogP contribution in [0.1, 0.15) is 34.6 Å². The van der Waals surface area contributed by atoms with E-state index in [0.717, 1.165) is 13.2 Å². The molecule has 0 aromatic heterocycles. The molecule has 0 aromatic carbocycles. The van der Waals surface area contributed by atoms with Gasteiger partial charge in [0.15, 0.2) is 0 Å². The zero-order valence-electron chi connectivity index (χ0n) is 9.42. The zero-order chi connectivity index (χ0) is 10.7. The van der Waals surface area contributed by atoms with Crippen LogP contribution in [0, 0.1) is 5.92 Å². The van der Waals surface area contributed by atoms with Crippen molar-refractivity contribution < 1.29 is 14.3 Å². The fourth-order valence-electron chi connectivity index (χ4n) is 0.557. The first-order valence-electron chi connectivity index (χ1n) is 4.75. The van der Waals surface area contributed by atoms with Crippen molar-refractivity contribution in [3.05, 3.63) is 0 Å². The van der Waals surface area contributed by atoms with Gasteiger partial charge in [-0.25, -0.2) is 0 Å². The van der Waals surface area contributed by atoms with Gasteiger partial charge in [0.1, 0.15) is 0 Å². The molecule has 0 heterocycles. The summed E-state index contributed by atoms with van der Waals surface area (Å²) in [5, 5.41) is 0. The van der Waals surface area contributed by atoms with Crippen LogP contribution >= 0.6 is 0 Å². The van der Waals surface area contributed by atoms with Crippen LogP contribution in [0.15, 0.2) is 0 Å². The van der Waals surface area contributed by atoms with Crippen molar-refractivity contribution in [3.8, 4) is 0 Å². The maximum Gasteiger partial charge on any atom is 0.302 e. The molecule has 0 aliphatic rings. The minimum Gasteiger partial charge on any atom is -0.466 e. The van der Waals surface area contributed by atoms with Gasteiger partial charge in [-0.05, 0) is 19.8 Å². The van der Waals surface area contributed by atoms with Crippen molar-refractivity contribution in [2.75, 3.05) is 19.8 Å². The lowest BCUT2D eigenvalue weighted by atomic mass is 10.2. The van der Waals surface area contributed by atoms with Crippen LogP contribution in [0.3, 0.4) is 0 Å². The van der Waals surface area contributed by atoms with E-state index in [1.54, 1.807) is 6.92 Å². The predicted octanol–water partition coefficient (Wildman–Crippen LogP) is 2.25. The molecule has 0 saturated carbocycles. The van der Waals surface area contributed by atoms with E-state index >= 15 is 0 Å². The molecule has 0 radical (unpaired) electrons. The molecule has 13 heavy (non-hydrogen) atoms. The lowest BCUT2D eigenvalue weighted by Crippen LogP contribution is -2.00. The topological polar surface area (TPSA) is 35.5 Å². The lowest BCUT2D eigenvalue weighted by molar-refractivity contribution is -0.140. The van der Waals surface area contributed by atoms with E-state index in [-0.39, 0.29) is 5.97 Å². The molecule has 0 aliphatic heterocycles. The number of hydrogen-bond acceptors (Lipinski definition) is 3. The lowest BCUT2D eigenvalue weighted by Gasteiger charge is -2.01. The number of rotatable bonds is 4. The average Bonchev–Trinajstić information content (AvgIpc) is 2.01. The van der Waals surface area contributed by atoms with Gasteiger partial charge in [-0.15, -0.1) is 0 Å². The van der Waals surface area contributed by atoms with E-state index in [1.807, 2.05) is 6.92 Å². The van der Waals surface area contributed by atoms with Crippen LogP contribution in [0.4, 0.5) is 0 Å². The summed E-state index contributed by atoms with van der Waals surface area (Å²) in [6, 6.07) is 0. The third-order valence-corrected chi connectivity index (χ3v) is 1.00. The van der Waals surface area contributed by atoms with E-state index in [4.69, 9.17) is 4.74 Å². The maximum absolute atomic E-state index is 9.82. The molecule has 0 bridgehead atoms. The number of carbonyl (C=O) groups is 1. The summed E-state index contributed by atoms with van der Waals surface area (Å²) in [6.07, 6.45) is 0. The number of hydrogen-bond donors (Lipinski definition) is 0. The largest absolute Gasteiger partial charge is 0.466 e. The Hall–Kier alpha value is -0.570. The van der Waals surface area contributed by atoms with E-state index in [9.17, 15) is 4.79 Å². The van der Waals surface area contributed by atoms with Gasteiger partial charge in [0, 0.05) is 20.1 Å². The molecule has 3 heteroatoms. The molecule has 0 unspecified atom stereocenters. The molecule has 0 atom stereocenters. The van der Waals surface area contributed by atoms with Gasteiger partial charge in [-0.1, -0.05) is 13.8 Å². The Morgan fingerprint density at radius 1 is 1.23 bits per heavy atom. The Bertz CT molecular complexity index is 111. The highest BCUT2D eigenvalue weighted by Gasteiger charge is 1.88. The summed E-state index contributed by atoms with van der Waals surface area (Å²) in [5.41, 5.74) is 0. The molecule has 0 aliphatic carbocycles. The second-order valence-corrected chi connectivity index (χ2v) is 2.98. The molecule has 0 N–H and O–H groups in total. The smallest absolute Gasteiger partial charge is 0.302 e. The quantitative estimate of drug-likeness (QED) is 0.638. The first-order chi connectivity index (χ1) is 6.04. The average molecular weight is 190 g/mol. The van der Waals surface area contributed by atoms with Gasteiger partial charge in [0.2, 0.25) is 0 Å². The van der Waals surface area contributed by atoms with Gasteiger partial charge in [0.05, 0.1) is 6.61 Å². The van der Waals surface area contributed by atoms with Crippen LogP contribution in [-0.2, 0) is 14.3 Å². The van der Waals surface area contributed by atoms with Crippen molar-refractivity contribution in [3.63, 3.8) is 0 Å². The molecule has 0 aromatic rings. The third-order valence-electron chi connectivity index (χ3n) is 1.00. The fourth-order valence-corrected chi connectivity index (χ4v) is 0.557. The van der Waals surface area contributed by atoms with E-state index in [2.05, 4.69) is 18.6 Å². The minimum atomic E-state index is -0.211. The third kappa shape index (κ3) is 24.6. The van der Waals surface area contributed by atoms with Gasteiger partial charge in [0.25, 0.3) is 0 Å². The molecule has 0 saturated heterocycles. The number of ether oxygens (including phenoxy) is 2. The molecule has 3 nitrogen and oxygen atoms in total. The van der Waals surface area contributed by atoms with Crippen LogP contribution in [0.5, 0.6) is 0 Å². The second-order valence-electron chi connectivity index (χ2n) is 2.98. The van der Waals surface area contributed by atoms with Crippen LogP contribution in [0.25, 0.3) is 0 Å². The number of esters is 1. The summed E-state index contributed by atoms with van der Waals surface area (Å²) in [4.78, 5) is 9.82. The molecule has 80 valence electrons. The molecule has 0 rings (SSSR count). The van der Waals surface area contributed by atoms with Crippen molar-refractivity contribution in [1.29, 1.82) is 0 Å². The fraction of sp³-hybridized carbons (Fsp3) is 0.900. The van der Waals surface area contributed by atoms with Crippen molar-refractivity contribution in [2.45, 2.75) is 34.6 Å². The Kier molecular flexibility index (Phi) is 13.1. The summed E-state index contributed by atoms with van der Waals surface area (Å²) >= 11 is 0. The zero-order valence-corrected chi connectivity index (χ0v) is 9.42. The molecule has 0 fully saturated rings. The summed E-state index contributed by atoms with van der Waals surface area (Å²) in [5.74, 6) is 0.470. The van der Waals surface area contributed by atoms with Gasteiger partial charge >= 0.3 is 5.97 Å². The van der Waals surface area contributed by atoms with Crippen LogP contribution < -0.4 is 0 Å². The highest BCUT2D eigenvalue weighted by atomic mass is 16.5. The highest BCUT2D eigenvalue weighted by molar-refractivity contribution is 5.65. The second kappa shape index (κ2) is 11.4. The summed E-state index contributed by atoms with van der Waals surface area (Å²) in [7, 11) is 0. The predicted molar refractivity (Wildman–Crippen MR) is 53.6 cm³/mol. The standard InChI is InChI=1S/C6H14O.C4H8O2/c1-4-7-5-6(2)3;1-3-6-4(2)5/h6H,4-5H2,1-3H3;3H2,1-2H3. The first kappa shape index (κ1) is 14.9. The van der Waals surface area contributed by atoms with Gasteiger partial charge in [-0.3, -0.25) is 4.79 Å². The van der Waals surface area contributed by atoms with Crippen LogP contribution in [0.2, 0.25) is 0 Å². The Balaban J connectivity index is 0. The summed E-state index contributed by atoms with van der Waals surface area (Å²) in [6.45, 7) is 11.7. The van der Waals surface area contributed by atoms with Gasteiger partial charge in [-0.2, -0.15) is 0 Å². The Morgan fingerprint density at radius 3 is 1.85 bits per heavy atom. The van der Waals surface area contributed by atoms with Crippen molar-refractivity contribution in [1.82, 2.24) is 0 Å². The Labute approximate surface area is 81.4 Å². The highest BCUT2D eigenvalue weighted by Crippen LogP contribution is 1.90. The molecular formula is C10H22O3. The van der Waals surface area contributed by atoms with E-state index < -0.39 is 0 Å². The van der Waals surface area contributed by atoms with Crippen molar-refractivity contribution >= 4 is 5.97 Å². The van der Waals surface area contributed by atoms with E-state index in [0.29, 0.717) is 12.5 Å². The molecular weight excluding hydrogens is 168 g/mol. The SMILES string of the molecule is CCOC(C)=O.CCOCC(C)C. The summed E-state index contributed by atoms with van der Waals surface area (Å²) < 4.78 is 9.50. The Morgan fingerprint density at radius 2 is 1.77 bits per heavy atom. The maximum atomic E-state index is 9.82.